The number of aliphatic carboxylic acids is 1. The summed E-state index contributed by atoms with van der Waals surface area (Å²) in [5, 5.41) is 11.0. The van der Waals surface area contributed by atoms with Crippen molar-refractivity contribution in [2.24, 2.45) is 0 Å². The number of ether oxygens (including phenoxy) is 2. The van der Waals surface area contributed by atoms with Crippen LogP contribution in [-0.2, 0) is 4.79 Å². The minimum absolute atomic E-state index is 0. The number of fused-ring (bicyclic) bond motifs is 1. The summed E-state index contributed by atoms with van der Waals surface area (Å²) in [6, 6.07) is 6.06. The third kappa shape index (κ3) is 4.63. The van der Waals surface area contributed by atoms with Crippen LogP contribution in [0.3, 0.4) is 0 Å². The molecule has 10 heteroatoms. The molecule has 1 unspecified atom stereocenters. The van der Waals surface area contributed by atoms with Crippen LogP contribution >= 0.6 is 11.6 Å². The van der Waals surface area contributed by atoms with Crippen LogP contribution in [0.1, 0.15) is 11.1 Å². The van der Waals surface area contributed by atoms with E-state index in [1.807, 2.05) is 0 Å². The summed E-state index contributed by atoms with van der Waals surface area (Å²) >= 11 is 6.07. The summed E-state index contributed by atoms with van der Waals surface area (Å²) in [6.07, 6.45) is -6.88. The van der Waals surface area contributed by atoms with Gasteiger partial charge < -0.3 is 19.4 Å². The molecule has 4 nitrogen and oxygen atoms in total. The van der Waals surface area contributed by atoms with E-state index in [9.17, 15) is 27.5 Å². The third-order valence-corrected chi connectivity index (χ3v) is 4.10. The number of carbonyl (C=O) groups is 1. The molecule has 0 fully saturated rings. The molecule has 1 atom stereocenters. The molecule has 1 aliphatic heterocycles. The maximum Gasteiger partial charge on any atom is 1.00 e. The van der Waals surface area contributed by atoms with Crippen molar-refractivity contribution < 1.29 is 66.5 Å². The van der Waals surface area contributed by atoms with Crippen molar-refractivity contribution in [1.29, 1.82) is 0 Å². The zero-order valence-corrected chi connectivity index (χ0v) is 17.3. The number of hydrogen-bond donors (Lipinski definition) is 0. The minimum atomic E-state index is -4.97. The summed E-state index contributed by atoms with van der Waals surface area (Å²) in [4.78, 5) is 11.0. The van der Waals surface area contributed by atoms with Gasteiger partial charge in [0.1, 0.15) is 23.1 Å². The van der Waals surface area contributed by atoms with Gasteiger partial charge in [-0.25, -0.2) is 4.39 Å². The van der Waals surface area contributed by atoms with Gasteiger partial charge in [-0.1, -0.05) is 17.7 Å². The Bertz CT molecular complexity index is 959. The van der Waals surface area contributed by atoms with Crippen molar-refractivity contribution in [3.63, 3.8) is 0 Å². The fourth-order valence-electron chi connectivity index (χ4n) is 2.49. The maximum atomic E-state index is 13.4. The SMILES string of the molecule is Cc1ccc(F)cc1Oc1cc2c(cc1Cl)C=C(C(=O)[O-])C(C(F)(F)F)O2.[Na+]. The first-order valence-corrected chi connectivity index (χ1v) is 7.88. The van der Waals surface area contributed by atoms with Gasteiger partial charge in [0.2, 0.25) is 6.10 Å². The van der Waals surface area contributed by atoms with Gasteiger partial charge in [-0.3, -0.25) is 0 Å². The molecule has 0 aliphatic carbocycles. The van der Waals surface area contributed by atoms with Gasteiger partial charge in [0.25, 0.3) is 0 Å². The van der Waals surface area contributed by atoms with E-state index >= 15 is 0 Å². The van der Waals surface area contributed by atoms with Crippen LogP contribution in [-0.4, -0.2) is 18.2 Å². The van der Waals surface area contributed by atoms with E-state index in [0.717, 1.165) is 18.2 Å². The number of carboxylic acid groups (broad SMARTS) is 1. The number of alkyl halides is 3. The molecule has 0 spiro atoms. The smallest absolute Gasteiger partial charge is 0.545 e. The number of carboxylic acids is 1. The summed E-state index contributed by atoms with van der Waals surface area (Å²) in [5.74, 6) is -2.81. The predicted molar refractivity (Wildman–Crippen MR) is 86.1 cm³/mol. The molecule has 0 saturated heterocycles. The third-order valence-electron chi connectivity index (χ3n) is 3.81. The number of benzene rings is 2. The summed E-state index contributed by atoms with van der Waals surface area (Å²) in [7, 11) is 0. The van der Waals surface area contributed by atoms with Crippen molar-refractivity contribution >= 4 is 23.6 Å². The van der Waals surface area contributed by atoms with Crippen LogP contribution in [0.15, 0.2) is 35.9 Å². The second-order valence-electron chi connectivity index (χ2n) is 5.76. The molecule has 0 aromatic heterocycles. The van der Waals surface area contributed by atoms with E-state index in [2.05, 4.69) is 0 Å². The molecule has 0 bridgehead atoms. The summed E-state index contributed by atoms with van der Waals surface area (Å²) in [5.41, 5.74) is -0.484. The van der Waals surface area contributed by atoms with Gasteiger partial charge in [0.05, 0.1) is 11.0 Å². The Morgan fingerprint density at radius 1 is 1.21 bits per heavy atom. The molecule has 3 rings (SSSR count). The monoisotopic (exact) mass is 424 g/mol. The Kier molecular flexibility index (Phi) is 6.70. The average molecular weight is 425 g/mol. The van der Waals surface area contributed by atoms with E-state index in [4.69, 9.17) is 21.1 Å². The van der Waals surface area contributed by atoms with E-state index < -0.39 is 29.6 Å². The van der Waals surface area contributed by atoms with Crippen molar-refractivity contribution in [2.45, 2.75) is 19.2 Å². The molecular weight excluding hydrogens is 415 g/mol. The van der Waals surface area contributed by atoms with Crippen LogP contribution in [0.4, 0.5) is 17.6 Å². The first-order valence-electron chi connectivity index (χ1n) is 7.50. The first-order chi connectivity index (χ1) is 12.6. The molecular formula is C18H10ClF4NaO4. The Hall–Kier alpha value is -1.74. The van der Waals surface area contributed by atoms with Crippen molar-refractivity contribution in [3.05, 3.63) is 57.9 Å². The van der Waals surface area contributed by atoms with Crippen LogP contribution in [0.25, 0.3) is 6.08 Å². The van der Waals surface area contributed by atoms with Crippen molar-refractivity contribution in [3.8, 4) is 17.2 Å². The molecule has 1 aliphatic rings. The molecule has 142 valence electrons. The Morgan fingerprint density at radius 3 is 2.50 bits per heavy atom. The second-order valence-corrected chi connectivity index (χ2v) is 6.17. The molecule has 28 heavy (non-hydrogen) atoms. The van der Waals surface area contributed by atoms with Crippen LogP contribution in [0.2, 0.25) is 5.02 Å². The molecule has 0 amide bonds. The molecule has 0 N–H and O–H groups in total. The Balaban J connectivity index is 0.00000280. The van der Waals surface area contributed by atoms with Crippen molar-refractivity contribution in [2.75, 3.05) is 0 Å². The molecule has 2 aromatic rings. The number of hydrogen-bond acceptors (Lipinski definition) is 4. The summed E-state index contributed by atoms with van der Waals surface area (Å²) < 4.78 is 63.1. The first kappa shape index (κ1) is 22.5. The topological polar surface area (TPSA) is 58.6 Å². The van der Waals surface area contributed by atoms with Crippen LogP contribution in [0.5, 0.6) is 17.2 Å². The van der Waals surface area contributed by atoms with Crippen LogP contribution in [0, 0.1) is 12.7 Å². The van der Waals surface area contributed by atoms with Gasteiger partial charge in [-0.2, -0.15) is 13.2 Å². The van der Waals surface area contributed by atoms with Gasteiger partial charge in [-0.05, 0) is 30.7 Å². The number of rotatable bonds is 3. The number of halogens is 5. The van der Waals surface area contributed by atoms with Crippen molar-refractivity contribution in [1.82, 2.24) is 0 Å². The predicted octanol–water partition coefficient (Wildman–Crippen LogP) is 1.04. The normalized spacial score (nSPS) is 15.6. The molecule has 2 aromatic carbocycles. The molecule has 0 saturated carbocycles. The fourth-order valence-corrected chi connectivity index (χ4v) is 2.70. The Labute approximate surface area is 184 Å². The maximum absolute atomic E-state index is 13.4. The second kappa shape index (κ2) is 8.32. The van der Waals surface area contributed by atoms with E-state index in [0.29, 0.717) is 5.56 Å². The zero-order chi connectivity index (χ0) is 19.9. The average Bonchev–Trinajstić information content (AvgIpc) is 2.56. The number of carbonyl (C=O) groups excluding carboxylic acids is 1. The summed E-state index contributed by atoms with van der Waals surface area (Å²) in [6.45, 7) is 1.64. The van der Waals surface area contributed by atoms with Gasteiger partial charge in [0, 0.05) is 23.3 Å². The van der Waals surface area contributed by atoms with E-state index in [1.165, 1.54) is 18.2 Å². The van der Waals surface area contributed by atoms with Crippen LogP contribution < -0.4 is 44.1 Å². The largest absolute Gasteiger partial charge is 1.00 e. The Morgan fingerprint density at radius 2 is 1.89 bits per heavy atom. The molecule has 1 heterocycles. The van der Waals surface area contributed by atoms with Gasteiger partial charge in [-0.15, -0.1) is 0 Å². The zero-order valence-electron chi connectivity index (χ0n) is 14.6. The van der Waals surface area contributed by atoms with Gasteiger partial charge >= 0.3 is 35.7 Å². The van der Waals surface area contributed by atoms with Gasteiger partial charge in [0.15, 0.2) is 0 Å². The quantitative estimate of drug-likeness (QED) is 0.546. The minimum Gasteiger partial charge on any atom is -0.545 e. The fraction of sp³-hybridized carbons (Fsp3) is 0.167. The van der Waals surface area contributed by atoms with E-state index in [-0.39, 0.29) is 57.4 Å². The number of aryl methyl sites for hydroxylation is 1. The standard InChI is InChI=1S/C18H11ClF4O4.Na/c1-8-2-3-10(20)6-13(8)26-15-7-14-9(5-12(15)19)4-11(17(24)25)16(27-14)18(21,22)23;/h2-7,16H,1H3,(H,24,25);/q;+1/p-1. The molecule has 0 radical (unpaired) electrons. The van der Waals surface area contributed by atoms with E-state index in [1.54, 1.807) is 6.92 Å².